The molecule has 0 radical (unpaired) electrons. The number of nitrogens with one attached hydrogen (secondary N) is 1. The third-order valence-electron chi connectivity index (χ3n) is 2.24. The van der Waals surface area contributed by atoms with Crippen molar-refractivity contribution in [2.75, 3.05) is 12.3 Å². The van der Waals surface area contributed by atoms with Crippen LogP contribution in [-0.2, 0) is 0 Å². The average molecular weight is 231 g/mol. The van der Waals surface area contributed by atoms with Crippen molar-refractivity contribution in [2.45, 2.75) is 6.92 Å². The van der Waals surface area contributed by atoms with Crippen LogP contribution in [0.25, 0.3) is 11.3 Å². The molecule has 5 nitrogen and oxygen atoms in total. The summed E-state index contributed by atoms with van der Waals surface area (Å²) in [5, 5.41) is 0. The monoisotopic (exact) mass is 231 g/mol. The minimum atomic E-state index is -0.450. The van der Waals surface area contributed by atoms with Crippen molar-refractivity contribution in [1.82, 2.24) is 9.97 Å². The second kappa shape index (κ2) is 4.69. The predicted octanol–water partition coefficient (Wildman–Crippen LogP) is 1.42. The molecule has 0 saturated carbocycles. The van der Waals surface area contributed by atoms with Crippen LogP contribution in [0.2, 0.25) is 0 Å². The van der Waals surface area contributed by atoms with Crippen molar-refractivity contribution in [2.24, 2.45) is 0 Å². The highest BCUT2D eigenvalue weighted by molar-refractivity contribution is 5.62. The lowest BCUT2D eigenvalue weighted by atomic mass is 10.1. The molecule has 0 atom stereocenters. The summed E-state index contributed by atoms with van der Waals surface area (Å²) in [6.45, 7) is 2.55. The highest BCUT2D eigenvalue weighted by atomic mass is 16.5. The first kappa shape index (κ1) is 11.2. The number of benzene rings is 1. The summed E-state index contributed by atoms with van der Waals surface area (Å²) < 4.78 is 5.34. The lowest BCUT2D eigenvalue weighted by molar-refractivity contribution is 0.340. The Bertz CT molecular complexity index is 561. The van der Waals surface area contributed by atoms with E-state index in [2.05, 4.69) is 9.97 Å². The van der Waals surface area contributed by atoms with Gasteiger partial charge in [0, 0.05) is 6.07 Å². The van der Waals surface area contributed by atoms with Gasteiger partial charge in [-0.1, -0.05) is 0 Å². The lowest BCUT2D eigenvalue weighted by Crippen LogP contribution is -2.12. The second-order valence-corrected chi connectivity index (χ2v) is 3.48. The van der Waals surface area contributed by atoms with Crippen LogP contribution in [0.1, 0.15) is 6.92 Å². The van der Waals surface area contributed by atoms with Crippen LogP contribution < -0.4 is 16.2 Å². The number of ether oxygens (including phenoxy) is 1. The van der Waals surface area contributed by atoms with E-state index in [-0.39, 0.29) is 5.82 Å². The van der Waals surface area contributed by atoms with E-state index >= 15 is 0 Å². The lowest BCUT2D eigenvalue weighted by Gasteiger charge is -2.05. The Kier molecular flexibility index (Phi) is 3.09. The van der Waals surface area contributed by atoms with Gasteiger partial charge in [0.2, 0.25) is 0 Å². The van der Waals surface area contributed by atoms with Crippen molar-refractivity contribution < 1.29 is 4.74 Å². The molecular formula is C12H13N3O2. The zero-order chi connectivity index (χ0) is 12.3. The normalized spacial score (nSPS) is 10.2. The number of anilines is 1. The molecule has 0 bridgehead atoms. The smallest absolute Gasteiger partial charge is 0.347 e. The molecule has 88 valence electrons. The van der Waals surface area contributed by atoms with Gasteiger partial charge in [0.05, 0.1) is 12.3 Å². The number of aromatic amines is 1. The van der Waals surface area contributed by atoms with Crippen molar-refractivity contribution in [3.05, 3.63) is 40.8 Å². The van der Waals surface area contributed by atoms with E-state index in [1.165, 1.54) is 0 Å². The Balaban J connectivity index is 2.36. The topological polar surface area (TPSA) is 81.0 Å². The Hall–Kier alpha value is -2.30. The van der Waals surface area contributed by atoms with Crippen LogP contribution in [-0.4, -0.2) is 16.6 Å². The molecule has 2 rings (SSSR count). The predicted molar refractivity (Wildman–Crippen MR) is 65.9 cm³/mol. The van der Waals surface area contributed by atoms with Crippen LogP contribution in [0, 0.1) is 0 Å². The summed E-state index contributed by atoms with van der Waals surface area (Å²) in [4.78, 5) is 17.4. The summed E-state index contributed by atoms with van der Waals surface area (Å²) in [5.74, 6) is 0.998. The third-order valence-corrected chi connectivity index (χ3v) is 2.24. The first-order valence-electron chi connectivity index (χ1n) is 5.29. The molecule has 5 heteroatoms. The van der Waals surface area contributed by atoms with Crippen molar-refractivity contribution in [1.29, 1.82) is 0 Å². The van der Waals surface area contributed by atoms with Crippen molar-refractivity contribution in [3.8, 4) is 17.0 Å². The molecular weight excluding hydrogens is 218 g/mol. The zero-order valence-electron chi connectivity index (χ0n) is 9.43. The standard InChI is InChI=1S/C12H13N3O2/c1-2-17-9-5-3-8(4-6-9)10-7-11(13)15-12(16)14-10/h3-7H,2H2,1H3,(H3,13,14,15,16). The number of rotatable bonds is 3. The number of hydrogen-bond acceptors (Lipinski definition) is 4. The molecule has 2 aromatic rings. The molecule has 0 unspecified atom stereocenters. The molecule has 0 fully saturated rings. The zero-order valence-corrected chi connectivity index (χ0v) is 9.43. The fraction of sp³-hybridized carbons (Fsp3) is 0.167. The van der Waals surface area contributed by atoms with Crippen LogP contribution >= 0.6 is 0 Å². The highest BCUT2D eigenvalue weighted by Crippen LogP contribution is 2.20. The molecule has 0 saturated heterocycles. The van der Waals surface area contributed by atoms with E-state index in [1.807, 2.05) is 31.2 Å². The Labute approximate surface area is 98.3 Å². The van der Waals surface area contributed by atoms with E-state index < -0.39 is 5.69 Å². The fourth-order valence-electron chi connectivity index (χ4n) is 1.53. The number of hydrogen-bond donors (Lipinski definition) is 2. The molecule has 0 amide bonds. The first-order chi connectivity index (χ1) is 8.19. The van der Waals surface area contributed by atoms with Crippen molar-refractivity contribution in [3.63, 3.8) is 0 Å². The van der Waals surface area contributed by atoms with Gasteiger partial charge in [0.25, 0.3) is 0 Å². The van der Waals surface area contributed by atoms with Crippen LogP contribution in [0.4, 0.5) is 5.82 Å². The van der Waals surface area contributed by atoms with Gasteiger partial charge in [-0.2, -0.15) is 4.98 Å². The maximum atomic E-state index is 11.2. The van der Waals surface area contributed by atoms with Gasteiger partial charge in [0.15, 0.2) is 0 Å². The van der Waals surface area contributed by atoms with Crippen LogP contribution in [0.5, 0.6) is 5.75 Å². The van der Waals surface area contributed by atoms with Gasteiger partial charge in [-0.25, -0.2) is 4.79 Å². The molecule has 0 spiro atoms. The van der Waals surface area contributed by atoms with Gasteiger partial charge >= 0.3 is 5.69 Å². The summed E-state index contributed by atoms with van der Waals surface area (Å²) in [6.07, 6.45) is 0. The Morgan fingerprint density at radius 1 is 1.35 bits per heavy atom. The molecule has 3 N–H and O–H groups in total. The number of nitrogens with two attached hydrogens (primary N) is 1. The number of H-pyrrole nitrogens is 1. The maximum Gasteiger partial charge on any atom is 0.347 e. The molecule has 1 aromatic heterocycles. The van der Waals surface area contributed by atoms with E-state index in [1.54, 1.807) is 6.07 Å². The Morgan fingerprint density at radius 3 is 2.65 bits per heavy atom. The van der Waals surface area contributed by atoms with E-state index in [0.29, 0.717) is 12.3 Å². The van der Waals surface area contributed by atoms with Crippen LogP contribution in [0.15, 0.2) is 35.1 Å². The van der Waals surface area contributed by atoms with E-state index in [9.17, 15) is 4.79 Å². The number of nitrogen functional groups attached to an aromatic ring is 1. The third kappa shape index (κ3) is 2.63. The molecule has 0 aliphatic carbocycles. The maximum absolute atomic E-state index is 11.2. The second-order valence-electron chi connectivity index (χ2n) is 3.48. The minimum absolute atomic E-state index is 0.206. The quantitative estimate of drug-likeness (QED) is 0.837. The summed E-state index contributed by atoms with van der Waals surface area (Å²) in [6, 6.07) is 9.02. The Morgan fingerprint density at radius 2 is 2.06 bits per heavy atom. The largest absolute Gasteiger partial charge is 0.494 e. The fourth-order valence-corrected chi connectivity index (χ4v) is 1.53. The number of aromatic nitrogens is 2. The van der Waals surface area contributed by atoms with Crippen molar-refractivity contribution >= 4 is 5.82 Å². The summed E-state index contributed by atoms with van der Waals surface area (Å²) >= 11 is 0. The van der Waals surface area contributed by atoms with Gasteiger partial charge in [0.1, 0.15) is 11.6 Å². The van der Waals surface area contributed by atoms with Gasteiger partial charge < -0.3 is 15.5 Å². The minimum Gasteiger partial charge on any atom is -0.494 e. The highest BCUT2D eigenvalue weighted by Gasteiger charge is 2.01. The molecule has 0 aliphatic heterocycles. The number of nitrogens with zero attached hydrogens (tertiary/aromatic N) is 1. The summed E-state index contributed by atoms with van der Waals surface area (Å²) in [7, 11) is 0. The van der Waals surface area contributed by atoms with E-state index in [4.69, 9.17) is 10.5 Å². The SMILES string of the molecule is CCOc1ccc(-c2cc(N)nc(=O)[nH]2)cc1. The van der Waals surface area contributed by atoms with E-state index in [0.717, 1.165) is 11.3 Å². The molecule has 17 heavy (non-hydrogen) atoms. The molecule has 0 aliphatic rings. The molecule has 1 aromatic carbocycles. The van der Waals surface area contributed by atoms with Gasteiger partial charge in [-0.05, 0) is 36.8 Å². The first-order valence-corrected chi connectivity index (χ1v) is 5.29. The summed E-state index contributed by atoms with van der Waals surface area (Å²) in [5.41, 5.74) is 6.57. The van der Waals surface area contributed by atoms with Gasteiger partial charge in [-0.3, -0.25) is 0 Å². The molecule has 1 heterocycles. The average Bonchev–Trinajstić information content (AvgIpc) is 2.29. The van der Waals surface area contributed by atoms with Crippen LogP contribution in [0.3, 0.4) is 0 Å². The van der Waals surface area contributed by atoms with Gasteiger partial charge in [-0.15, -0.1) is 0 Å².